The van der Waals surface area contributed by atoms with E-state index in [-0.39, 0.29) is 11.9 Å². The summed E-state index contributed by atoms with van der Waals surface area (Å²) in [6.07, 6.45) is 1.78. The molecule has 0 bridgehead atoms. The molecule has 0 aliphatic carbocycles. The first kappa shape index (κ1) is 22.2. The molecule has 0 aromatic heterocycles. The monoisotopic (exact) mass is 422 g/mol. The second kappa shape index (κ2) is 8.97. The second-order valence-electron chi connectivity index (χ2n) is 7.04. The Morgan fingerprint density at radius 2 is 1.86 bits per heavy atom. The topological polar surface area (TPSA) is 66.5 Å². The number of anilines is 1. The summed E-state index contributed by atoms with van der Waals surface area (Å²) in [6.45, 7) is 7.59. The summed E-state index contributed by atoms with van der Waals surface area (Å²) in [7, 11) is -3.69. The van der Waals surface area contributed by atoms with Crippen molar-refractivity contribution in [2.75, 3.05) is 10.6 Å². The molecule has 0 heterocycles. The zero-order valence-electron chi connectivity index (χ0n) is 16.9. The Labute approximate surface area is 172 Å². The van der Waals surface area contributed by atoms with Crippen LogP contribution in [0.4, 0.5) is 5.69 Å². The minimum Gasteiger partial charge on any atom is -0.347 e. The molecule has 2 atom stereocenters. The van der Waals surface area contributed by atoms with Gasteiger partial charge < -0.3 is 5.32 Å². The molecule has 0 aliphatic rings. The smallest absolute Gasteiger partial charge is 0.244 e. The third-order valence-electron chi connectivity index (χ3n) is 4.68. The van der Waals surface area contributed by atoms with Gasteiger partial charge in [0.1, 0.15) is 6.04 Å². The third-order valence-corrected chi connectivity index (χ3v) is 6.15. The fourth-order valence-electron chi connectivity index (χ4n) is 3.33. The average molecular weight is 423 g/mol. The molecule has 2 rings (SSSR count). The number of halogens is 1. The number of nitrogens with one attached hydrogen (secondary N) is 1. The van der Waals surface area contributed by atoms with Crippen LogP contribution in [0.15, 0.2) is 42.5 Å². The molecule has 0 aliphatic heterocycles. The summed E-state index contributed by atoms with van der Waals surface area (Å²) in [5.41, 5.74) is 3.63. The van der Waals surface area contributed by atoms with Crippen molar-refractivity contribution in [2.45, 2.75) is 46.2 Å². The van der Waals surface area contributed by atoms with E-state index in [1.165, 1.54) is 6.07 Å². The van der Waals surface area contributed by atoms with Gasteiger partial charge in [-0.15, -0.1) is 0 Å². The number of hydrogen-bond donors (Lipinski definition) is 1. The first-order chi connectivity index (χ1) is 13.0. The lowest BCUT2D eigenvalue weighted by molar-refractivity contribution is -0.122. The number of nitrogens with zero attached hydrogens (tertiary/aromatic N) is 1. The van der Waals surface area contributed by atoms with Gasteiger partial charge in [0, 0.05) is 5.02 Å². The van der Waals surface area contributed by atoms with Crippen molar-refractivity contribution in [3.8, 4) is 0 Å². The fourth-order valence-corrected chi connectivity index (χ4v) is 4.68. The minimum absolute atomic E-state index is 0.198. The first-order valence-corrected chi connectivity index (χ1v) is 11.4. The molecular weight excluding hydrogens is 396 g/mol. The lowest BCUT2D eigenvalue weighted by Gasteiger charge is -2.30. The van der Waals surface area contributed by atoms with Crippen LogP contribution in [0.1, 0.15) is 43.0 Å². The largest absolute Gasteiger partial charge is 0.347 e. The van der Waals surface area contributed by atoms with Gasteiger partial charge in [0.25, 0.3) is 0 Å². The lowest BCUT2D eigenvalue weighted by atomic mass is 9.97. The summed E-state index contributed by atoms with van der Waals surface area (Å²) in [6, 6.07) is 11.4. The fraction of sp³-hybridized carbons (Fsp3) is 0.381. The van der Waals surface area contributed by atoms with Crippen LogP contribution in [0, 0.1) is 13.8 Å². The number of hydrogen-bond acceptors (Lipinski definition) is 3. The van der Waals surface area contributed by atoms with E-state index in [9.17, 15) is 13.2 Å². The van der Waals surface area contributed by atoms with Crippen LogP contribution < -0.4 is 9.62 Å². The lowest BCUT2D eigenvalue weighted by Crippen LogP contribution is -2.48. The molecule has 0 radical (unpaired) electrons. The van der Waals surface area contributed by atoms with E-state index in [1.807, 2.05) is 32.9 Å². The predicted octanol–water partition coefficient (Wildman–Crippen LogP) is 4.38. The number of rotatable bonds is 7. The number of amides is 1. The Balaban J connectivity index is 2.31. The summed E-state index contributed by atoms with van der Waals surface area (Å²) in [5.74, 6) is -0.364. The van der Waals surface area contributed by atoms with Gasteiger partial charge in [0.05, 0.1) is 18.0 Å². The molecule has 28 heavy (non-hydrogen) atoms. The van der Waals surface area contributed by atoms with E-state index in [4.69, 9.17) is 11.6 Å². The molecule has 5 nitrogen and oxygen atoms in total. The first-order valence-electron chi connectivity index (χ1n) is 9.17. The maximum Gasteiger partial charge on any atom is 0.244 e. The predicted molar refractivity (Wildman–Crippen MR) is 115 cm³/mol. The van der Waals surface area contributed by atoms with Gasteiger partial charge in [-0.3, -0.25) is 9.10 Å². The van der Waals surface area contributed by atoms with Crippen LogP contribution in [0.3, 0.4) is 0 Å². The molecule has 7 heteroatoms. The molecule has 152 valence electrons. The normalized spacial score (nSPS) is 13.6. The van der Waals surface area contributed by atoms with Crippen molar-refractivity contribution in [3.05, 3.63) is 64.2 Å². The molecule has 0 unspecified atom stereocenters. The molecule has 0 spiro atoms. The van der Waals surface area contributed by atoms with Gasteiger partial charge in [-0.2, -0.15) is 0 Å². The summed E-state index contributed by atoms with van der Waals surface area (Å²) in [5, 5.41) is 3.41. The highest BCUT2D eigenvalue weighted by atomic mass is 35.5. The van der Waals surface area contributed by atoms with Gasteiger partial charge in [-0.1, -0.05) is 48.4 Å². The van der Waals surface area contributed by atoms with E-state index in [0.29, 0.717) is 17.1 Å². The Morgan fingerprint density at radius 3 is 2.39 bits per heavy atom. The molecule has 1 N–H and O–H groups in total. The maximum absolute atomic E-state index is 13.0. The van der Waals surface area contributed by atoms with Crippen LogP contribution in [0.25, 0.3) is 0 Å². The number of sulfonamides is 1. The number of aryl methyl sites for hydroxylation is 2. The van der Waals surface area contributed by atoms with Gasteiger partial charge in [0.2, 0.25) is 15.9 Å². The van der Waals surface area contributed by atoms with Crippen LogP contribution in [-0.2, 0) is 14.8 Å². The molecule has 2 aromatic rings. The number of carbonyl (C=O) groups excluding carboxylic acids is 1. The molecule has 2 aromatic carbocycles. The van der Waals surface area contributed by atoms with Crippen LogP contribution in [0.2, 0.25) is 5.02 Å². The Kier molecular flexibility index (Phi) is 7.12. The van der Waals surface area contributed by atoms with Crippen LogP contribution in [-0.4, -0.2) is 26.6 Å². The van der Waals surface area contributed by atoms with Gasteiger partial charge in [-0.25, -0.2) is 8.42 Å². The van der Waals surface area contributed by atoms with Gasteiger partial charge in [-0.05, 0) is 56.5 Å². The SMILES string of the molecule is CC[C@H](NC(=O)[C@@H](C)N(c1cccc(Cl)c1)S(C)(=O)=O)c1ccc(C)cc1C. The van der Waals surface area contributed by atoms with Crippen molar-refractivity contribution >= 4 is 33.2 Å². The van der Waals surface area contributed by atoms with Crippen molar-refractivity contribution in [2.24, 2.45) is 0 Å². The molecule has 1 amide bonds. The van der Waals surface area contributed by atoms with Gasteiger partial charge in [0.15, 0.2) is 0 Å². The maximum atomic E-state index is 13.0. The van der Waals surface area contributed by atoms with Crippen LogP contribution >= 0.6 is 11.6 Å². The quantitative estimate of drug-likeness (QED) is 0.720. The third kappa shape index (κ3) is 5.26. The molecule has 0 saturated heterocycles. The van der Waals surface area contributed by atoms with Gasteiger partial charge >= 0.3 is 0 Å². The highest BCUT2D eigenvalue weighted by Gasteiger charge is 2.30. The highest BCUT2D eigenvalue weighted by molar-refractivity contribution is 7.92. The zero-order valence-corrected chi connectivity index (χ0v) is 18.4. The van der Waals surface area contributed by atoms with E-state index < -0.39 is 16.1 Å². The highest BCUT2D eigenvalue weighted by Crippen LogP contribution is 2.26. The molecule has 0 fully saturated rings. The molecule has 0 saturated carbocycles. The summed E-state index contributed by atoms with van der Waals surface area (Å²) in [4.78, 5) is 13.0. The van der Waals surface area contributed by atoms with Crippen molar-refractivity contribution in [1.29, 1.82) is 0 Å². The van der Waals surface area contributed by atoms with Crippen LogP contribution in [0.5, 0.6) is 0 Å². The Hall–Kier alpha value is -2.05. The standard InChI is InChI=1S/C21H27ClN2O3S/c1-6-20(19-11-10-14(2)12-15(19)3)23-21(25)16(4)24(28(5,26)27)18-9-7-8-17(22)13-18/h7-13,16,20H,6H2,1-5H3,(H,23,25)/t16-,20+/m1/s1. The van der Waals surface area contributed by atoms with Crippen molar-refractivity contribution < 1.29 is 13.2 Å². The average Bonchev–Trinajstić information content (AvgIpc) is 2.59. The minimum atomic E-state index is -3.69. The number of benzene rings is 2. The molecular formula is C21H27ClN2O3S. The summed E-state index contributed by atoms with van der Waals surface area (Å²) >= 11 is 6.02. The Bertz CT molecular complexity index is 960. The Morgan fingerprint density at radius 1 is 1.18 bits per heavy atom. The van der Waals surface area contributed by atoms with E-state index in [0.717, 1.165) is 27.3 Å². The number of carbonyl (C=O) groups is 1. The summed E-state index contributed by atoms with van der Waals surface area (Å²) < 4.78 is 25.9. The van der Waals surface area contributed by atoms with E-state index in [2.05, 4.69) is 11.4 Å². The van der Waals surface area contributed by atoms with Crippen molar-refractivity contribution in [1.82, 2.24) is 5.32 Å². The van der Waals surface area contributed by atoms with E-state index >= 15 is 0 Å². The van der Waals surface area contributed by atoms with Crippen molar-refractivity contribution in [3.63, 3.8) is 0 Å². The van der Waals surface area contributed by atoms with E-state index in [1.54, 1.807) is 25.1 Å². The second-order valence-corrected chi connectivity index (χ2v) is 9.34. The zero-order chi connectivity index (χ0) is 21.1.